The minimum atomic E-state index is 0.365. The van der Waals surface area contributed by atoms with Crippen LogP contribution in [0.3, 0.4) is 0 Å². The Bertz CT molecular complexity index is 312. The van der Waals surface area contributed by atoms with Crippen molar-refractivity contribution in [2.45, 2.75) is 75.5 Å². The summed E-state index contributed by atoms with van der Waals surface area (Å²) in [6, 6.07) is 1.86. The molecule has 0 radical (unpaired) electrons. The number of fused-ring (bicyclic) bond motifs is 1. The third-order valence-electron chi connectivity index (χ3n) is 4.95. The van der Waals surface area contributed by atoms with E-state index in [1.165, 1.54) is 32.1 Å². The Labute approximate surface area is 109 Å². The van der Waals surface area contributed by atoms with Gasteiger partial charge in [-0.3, -0.25) is 4.79 Å². The first kappa shape index (κ1) is 12.4. The summed E-state index contributed by atoms with van der Waals surface area (Å²) in [5.74, 6) is 0.365. The van der Waals surface area contributed by atoms with Crippen LogP contribution in [0.4, 0.5) is 0 Å². The molecule has 2 heterocycles. The highest BCUT2D eigenvalue weighted by Crippen LogP contribution is 2.29. The molecule has 2 atom stereocenters. The molecule has 0 bridgehead atoms. The number of carbonyl (C=O) groups excluding carboxylic acids is 1. The lowest BCUT2D eigenvalue weighted by Crippen LogP contribution is -2.49. The fourth-order valence-corrected chi connectivity index (χ4v) is 3.89. The molecule has 3 N–H and O–H groups in total. The Balaban J connectivity index is 1.57. The van der Waals surface area contributed by atoms with Crippen LogP contribution < -0.4 is 11.1 Å². The third kappa shape index (κ3) is 2.41. The SMILES string of the molecule is NC1CCC(NC2CC(=O)N3CCCCC23)CC1. The minimum absolute atomic E-state index is 0.365. The zero-order valence-corrected chi connectivity index (χ0v) is 11.1. The molecule has 0 aromatic heterocycles. The van der Waals surface area contributed by atoms with Crippen LogP contribution in [-0.2, 0) is 4.79 Å². The molecular weight excluding hydrogens is 226 g/mol. The fraction of sp³-hybridized carbons (Fsp3) is 0.929. The standard InChI is InChI=1S/C14H25N3O/c15-10-4-6-11(7-5-10)16-12-9-14(18)17-8-2-1-3-13(12)17/h10-13,16H,1-9,15H2. The summed E-state index contributed by atoms with van der Waals surface area (Å²) in [4.78, 5) is 14.1. The van der Waals surface area contributed by atoms with Crippen molar-refractivity contribution in [2.24, 2.45) is 5.73 Å². The molecule has 102 valence electrons. The highest BCUT2D eigenvalue weighted by atomic mass is 16.2. The number of piperidine rings is 1. The molecule has 3 fully saturated rings. The summed E-state index contributed by atoms with van der Waals surface area (Å²) in [7, 11) is 0. The van der Waals surface area contributed by atoms with E-state index in [-0.39, 0.29) is 0 Å². The van der Waals surface area contributed by atoms with Gasteiger partial charge < -0.3 is 16.0 Å². The van der Waals surface area contributed by atoms with Gasteiger partial charge in [-0.1, -0.05) is 0 Å². The van der Waals surface area contributed by atoms with E-state index in [0.717, 1.165) is 19.4 Å². The van der Waals surface area contributed by atoms with E-state index in [0.29, 0.717) is 36.5 Å². The summed E-state index contributed by atoms with van der Waals surface area (Å²) in [6.07, 6.45) is 8.99. The van der Waals surface area contributed by atoms with Crippen LogP contribution in [0.5, 0.6) is 0 Å². The normalized spacial score (nSPS) is 40.9. The van der Waals surface area contributed by atoms with Crippen LogP contribution in [0, 0.1) is 0 Å². The maximum atomic E-state index is 12.0. The average molecular weight is 251 g/mol. The van der Waals surface area contributed by atoms with Crippen molar-refractivity contribution < 1.29 is 4.79 Å². The van der Waals surface area contributed by atoms with Gasteiger partial charge in [-0.05, 0) is 44.9 Å². The number of nitrogens with one attached hydrogen (secondary N) is 1. The molecule has 1 saturated carbocycles. The van der Waals surface area contributed by atoms with E-state index in [9.17, 15) is 4.79 Å². The second-order valence-electron chi connectivity index (χ2n) is 6.24. The van der Waals surface area contributed by atoms with Gasteiger partial charge in [0.2, 0.25) is 5.91 Å². The van der Waals surface area contributed by atoms with E-state index in [4.69, 9.17) is 5.73 Å². The molecule has 0 spiro atoms. The molecule has 18 heavy (non-hydrogen) atoms. The molecule has 3 aliphatic rings. The predicted molar refractivity (Wildman–Crippen MR) is 71.1 cm³/mol. The van der Waals surface area contributed by atoms with E-state index in [1.807, 2.05) is 0 Å². The summed E-state index contributed by atoms with van der Waals surface area (Å²) in [5, 5.41) is 3.75. The molecule has 0 aromatic carbocycles. The zero-order valence-electron chi connectivity index (χ0n) is 11.1. The van der Waals surface area contributed by atoms with Crippen molar-refractivity contribution in [1.29, 1.82) is 0 Å². The maximum absolute atomic E-state index is 12.0. The van der Waals surface area contributed by atoms with Crippen molar-refractivity contribution in [3.05, 3.63) is 0 Å². The van der Waals surface area contributed by atoms with Crippen LogP contribution >= 0.6 is 0 Å². The van der Waals surface area contributed by atoms with Crippen molar-refractivity contribution in [3.63, 3.8) is 0 Å². The smallest absolute Gasteiger partial charge is 0.224 e. The van der Waals surface area contributed by atoms with E-state index in [1.54, 1.807) is 0 Å². The molecule has 3 rings (SSSR count). The highest BCUT2D eigenvalue weighted by molar-refractivity contribution is 5.80. The lowest BCUT2D eigenvalue weighted by atomic mass is 9.90. The molecular formula is C14H25N3O. The Morgan fingerprint density at radius 1 is 1.11 bits per heavy atom. The molecule has 4 nitrogen and oxygen atoms in total. The Morgan fingerprint density at radius 3 is 2.67 bits per heavy atom. The van der Waals surface area contributed by atoms with Gasteiger partial charge in [0.1, 0.15) is 0 Å². The Hall–Kier alpha value is -0.610. The first-order valence-corrected chi connectivity index (χ1v) is 7.55. The minimum Gasteiger partial charge on any atom is -0.338 e. The second kappa shape index (κ2) is 5.17. The lowest BCUT2D eigenvalue weighted by molar-refractivity contribution is -0.129. The highest BCUT2D eigenvalue weighted by Gasteiger charge is 2.41. The molecule has 4 heteroatoms. The number of nitrogens with two attached hydrogens (primary N) is 1. The molecule has 1 amide bonds. The molecule has 1 aliphatic carbocycles. The monoisotopic (exact) mass is 251 g/mol. The molecule has 2 unspecified atom stereocenters. The molecule has 2 saturated heterocycles. The topological polar surface area (TPSA) is 58.4 Å². The quantitative estimate of drug-likeness (QED) is 0.770. The first-order valence-electron chi connectivity index (χ1n) is 7.55. The van der Waals surface area contributed by atoms with Crippen LogP contribution in [-0.4, -0.2) is 41.5 Å². The Kier molecular flexibility index (Phi) is 3.57. The molecule has 0 aromatic rings. The first-order chi connectivity index (χ1) is 8.74. The summed E-state index contributed by atoms with van der Waals surface area (Å²) in [6.45, 7) is 0.983. The number of nitrogens with zero attached hydrogens (tertiary/aromatic N) is 1. The largest absolute Gasteiger partial charge is 0.338 e. The number of rotatable bonds is 2. The van der Waals surface area contributed by atoms with Crippen LogP contribution in [0.25, 0.3) is 0 Å². The summed E-state index contributed by atoms with van der Waals surface area (Å²) < 4.78 is 0. The van der Waals surface area contributed by atoms with Crippen LogP contribution in [0.2, 0.25) is 0 Å². The van der Waals surface area contributed by atoms with Gasteiger partial charge in [0, 0.05) is 37.1 Å². The van der Waals surface area contributed by atoms with Gasteiger partial charge in [0.25, 0.3) is 0 Å². The predicted octanol–water partition coefficient (Wildman–Crippen LogP) is 0.999. The van der Waals surface area contributed by atoms with Gasteiger partial charge in [0.05, 0.1) is 0 Å². The van der Waals surface area contributed by atoms with E-state index < -0.39 is 0 Å². The number of carbonyl (C=O) groups is 1. The summed E-state index contributed by atoms with van der Waals surface area (Å²) in [5.41, 5.74) is 5.94. The van der Waals surface area contributed by atoms with Gasteiger partial charge >= 0.3 is 0 Å². The van der Waals surface area contributed by atoms with Crippen molar-refractivity contribution >= 4 is 5.91 Å². The van der Waals surface area contributed by atoms with Gasteiger partial charge in [0.15, 0.2) is 0 Å². The fourth-order valence-electron chi connectivity index (χ4n) is 3.89. The average Bonchev–Trinajstić information content (AvgIpc) is 2.70. The zero-order chi connectivity index (χ0) is 12.5. The van der Waals surface area contributed by atoms with Crippen molar-refractivity contribution in [1.82, 2.24) is 10.2 Å². The number of hydrogen-bond acceptors (Lipinski definition) is 3. The van der Waals surface area contributed by atoms with Crippen LogP contribution in [0.15, 0.2) is 0 Å². The van der Waals surface area contributed by atoms with Gasteiger partial charge in [-0.15, -0.1) is 0 Å². The Morgan fingerprint density at radius 2 is 1.89 bits per heavy atom. The van der Waals surface area contributed by atoms with Gasteiger partial charge in [-0.2, -0.15) is 0 Å². The van der Waals surface area contributed by atoms with Crippen molar-refractivity contribution in [2.75, 3.05) is 6.54 Å². The van der Waals surface area contributed by atoms with Gasteiger partial charge in [-0.25, -0.2) is 0 Å². The lowest BCUT2D eigenvalue weighted by Gasteiger charge is -2.35. The van der Waals surface area contributed by atoms with Crippen molar-refractivity contribution in [3.8, 4) is 0 Å². The second-order valence-corrected chi connectivity index (χ2v) is 6.24. The van der Waals surface area contributed by atoms with E-state index in [2.05, 4.69) is 10.2 Å². The maximum Gasteiger partial charge on any atom is 0.224 e. The molecule has 2 aliphatic heterocycles. The van der Waals surface area contributed by atoms with E-state index >= 15 is 0 Å². The number of amides is 1. The van der Waals surface area contributed by atoms with Crippen LogP contribution in [0.1, 0.15) is 51.4 Å². The third-order valence-corrected chi connectivity index (χ3v) is 4.95. The summed E-state index contributed by atoms with van der Waals surface area (Å²) >= 11 is 0. The number of hydrogen-bond donors (Lipinski definition) is 2.